The first-order valence-corrected chi connectivity index (χ1v) is 8.16. The molecule has 1 aliphatic heterocycles. The molecule has 2 heterocycles. The van der Waals surface area contributed by atoms with Gasteiger partial charge in [-0.1, -0.05) is 25.3 Å². The zero-order valence-corrected chi connectivity index (χ0v) is 12.8. The van der Waals surface area contributed by atoms with Gasteiger partial charge in [-0.05, 0) is 62.1 Å². The molecule has 0 atom stereocenters. The molecule has 2 rings (SSSR count). The first kappa shape index (κ1) is 15.9. The van der Waals surface area contributed by atoms with E-state index in [1.165, 1.54) is 45.2 Å². The minimum absolute atomic E-state index is 0.223. The lowest BCUT2D eigenvalue weighted by molar-refractivity contribution is -0.114. The molecule has 1 aromatic rings. The third-order valence-electron chi connectivity index (χ3n) is 4.14. The number of aromatic nitrogens is 1. The first-order valence-electron chi connectivity index (χ1n) is 8.16. The van der Waals surface area contributed by atoms with E-state index in [0.29, 0.717) is 6.42 Å². The van der Waals surface area contributed by atoms with Crippen molar-refractivity contribution in [3.8, 4) is 0 Å². The Labute approximate surface area is 127 Å². The van der Waals surface area contributed by atoms with Crippen LogP contribution in [0.2, 0.25) is 0 Å². The van der Waals surface area contributed by atoms with Crippen LogP contribution in [-0.4, -0.2) is 23.9 Å². The number of allylic oxidation sites excluding steroid dienone is 1. The van der Waals surface area contributed by atoms with Crippen molar-refractivity contribution >= 4 is 11.9 Å². The molecule has 1 saturated heterocycles. The maximum atomic E-state index is 11.8. The lowest BCUT2D eigenvalue weighted by Crippen LogP contribution is -2.27. The summed E-state index contributed by atoms with van der Waals surface area (Å²) < 4.78 is 0. The third-order valence-corrected chi connectivity index (χ3v) is 4.14. The topological polar surface area (TPSA) is 42.0 Å². The molecule has 1 N–H and O–H groups in total. The lowest BCUT2D eigenvalue weighted by atomic mass is 9.92. The molecule has 0 bridgehead atoms. The van der Waals surface area contributed by atoms with Gasteiger partial charge >= 0.3 is 0 Å². The molecule has 0 saturated carbocycles. The number of unbranched alkanes of at least 4 members (excludes halogenated alkanes) is 2. The highest BCUT2D eigenvalue weighted by Crippen LogP contribution is 2.19. The summed E-state index contributed by atoms with van der Waals surface area (Å²) in [5, 5.41) is 3.40. The smallest absolute Gasteiger partial charge is 0.155 e. The van der Waals surface area contributed by atoms with Crippen molar-refractivity contribution in [1.29, 1.82) is 0 Å². The monoisotopic (exact) mass is 286 g/mol. The van der Waals surface area contributed by atoms with Crippen LogP contribution in [-0.2, 0) is 4.79 Å². The number of piperidine rings is 1. The molecule has 0 amide bonds. The summed E-state index contributed by atoms with van der Waals surface area (Å²) in [6.45, 7) is 2.37. The Hall–Kier alpha value is -1.48. The first-order chi connectivity index (χ1) is 10.3. The second-order valence-corrected chi connectivity index (χ2v) is 5.88. The summed E-state index contributed by atoms with van der Waals surface area (Å²) in [6, 6.07) is 3.83. The van der Waals surface area contributed by atoms with E-state index in [1.807, 2.05) is 18.2 Å². The molecule has 1 aromatic heterocycles. The van der Waals surface area contributed by atoms with E-state index in [4.69, 9.17) is 0 Å². The van der Waals surface area contributed by atoms with Crippen molar-refractivity contribution in [2.45, 2.75) is 44.9 Å². The minimum atomic E-state index is 0.223. The van der Waals surface area contributed by atoms with E-state index in [0.717, 1.165) is 17.9 Å². The Bertz CT molecular complexity index is 436. The van der Waals surface area contributed by atoms with Gasteiger partial charge in [0.2, 0.25) is 0 Å². The predicted octanol–water partition coefficient (Wildman–Crippen LogP) is 3.61. The van der Waals surface area contributed by atoms with Gasteiger partial charge in [0.25, 0.3) is 0 Å². The highest BCUT2D eigenvalue weighted by Gasteiger charge is 2.11. The van der Waals surface area contributed by atoms with Crippen molar-refractivity contribution in [3.05, 3.63) is 36.2 Å². The highest BCUT2D eigenvalue weighted by molar-refractivity contribution is 5.93. The average molecular weight is 286 g/mol. The molecule has 114 valence electrons. The molecule has 3 nitrogen and oxygen atoms in total. The molecule has 3 heteroatoms. The molecular formula is C18H26N2O. The molecule has 1 aliphatic rings. The number of pyridine rings is 1. The van der Waals surface area contributed by atoms with Crippen molar-refractivity contribution in [3.63, 3.8) is 0 Å². The van der Waals surface area contributed by atoms with Crippen molar-refractivity contribution in [2.24, 2.45) is 5.92 Å². The lowest BCUT2D eigenvalue weighted by Gasteiger charge is -2.22. The van der Waals surface area contributed by atoms with Crippen LogP contribution in [0.15, 0.2) is 30.6 Å². The highest BCUT2D eigenvalue weighted by atomic mass is 16.1. The van der Waals surface area contributed by atoms with Crippen molar-refractivity contribution in [2.75, 3.05) is 13.1 Å². The zero-order chi connectivity index (χ0) is 14.8. The number of hydrogen-bond acceptors (Lipinski definition) is 3. The van der Waals surface area contributed by atoms with Gasteiger partial charge in [-0.2, -0.15) is 0 Å². The summed E-state index contributed by atoms with van der Waals surface area (Å²) in [4.78, 5) is 15.8. The summed E-state index contributed by atoms with van der Waals surface area (Å²) in [6.07, 6.45) is 15.2. The largest absolute Gasteiger partial charge is 0.317 e. The summed E-state index contributed by atoms with van der Waals surface area (Å²) in [7, 11) is 0. The Morgan fingerprint density at radius 1 is 1.29 bits per heavy atom. The molecule has 0 aromatic carbocycles. The number of carbonyl (C=O) groups excluding carboxylic acids is 1. The number of rotatable bonds is 8. The van der Waals surface area contributed by atoms with Gasteiger partial charge in [0.1, 0.15) is 0 Å². The molecule has 1 fully saturated rings. The van der Waals surface area contributed by atoms with E-state index in [2.05, 4.69) is 10.3 Å². The van der Waals surface area contributed by atoms with Crippen LogP contribution in [0.25, 0.3) is 6.08 Å². The quantitative estimate of drug-likeness (QED) is 0.586. The SMILES string of the molecule is O=C(/C=C/c1cccnc1)CCCCCC1CCNCC1. The number of nitrogens with one attached hydrogen (secondary N) is 1. The predicted molar refractivity (Wildman–Crippen MR) is 87.0 cm³/mol. The fourth-order valence-electron chi connectivity index (χ4n) is 2.83. The Morgan fingerprint density at radius 2 is 2.14 bits per heavy atom. The zero-order valence-electron chi connectivity index (χ0n) is 12.8. The van der Waals surface area contributed by atoms with Crippen LogP contribution < -0.4 is 5.32 Å². The van der Waals surface area contributed by atoms with Gasteiger partial charge in [0, 0.05) is 18.8 Å². The van der Waals surface area contributed by atoms with Crippen LogP contribution in [0.1, 0.15) is 50.5 Å². The molecule has 0 unspecified atom stereocenters. The van der Waals surface area contributed by atoms with E-state index in [-0.39, 0.29) is 5.78 Å². The van der Waals surface area contributed by atoms with Crippen LogP contribution in [0, 0.1) is 5.92 Å². The number of hydrogen-bond donors (Lipinski definition) is 1. The summed E-state index contributed by atoms with van der Waals surface area (Å²) in [5.41, 5.74) is 0.983. The number of nitrogens with zero attached hydrogens (tertiary/aromatic N) is 1. The van der Waals surface area contributed by atoms with Crippen LogP contribution >= 0.6 is 0 Å². The van der Waals surface area contributed by atoms with Gasteiger partial charge in [0.15, 0.2) is 5.78 Å². The van der Waals surface area contributed by atoms with Gasteiger partial charge < -0.3 is 5.32 Å². The second kappa shape index (κ2) is 9.46. The van der Waals surface area contributed by atoms with Crippen LogP contribution in [0.3, 0.4) is 0 Å². The molecule has 21 heavy (non-hydrogen) atoms. The van der Waals surface area contributed by atoms with Crippen LogP contribution in [0.4, 0.5) is 0 Å². The Balaban J connectivity index is 1.54. The molecule has 0 spiro atoms. The minimum Gasteiger partial charge on any atom is -0.317 e. The summed E-state index contributed by atoms with van der Waals surface area (Å²) in [5.74, 6) is 1.13. The van der Waals surface area contributed by atoms with E-state index in [9.17, 15) is 4.79 Å². The Morgan fingerprint density at radius 3 is 2.90 bits per heavy atom. The van der Waals surface area contributed by atoms with Gasteiger partial charge in [-0.25, -0.2) is 0 Å². The molecule has 0 aliphatic carbocycles. The standard InChI is InChI=1S/C18H26N2O/c21-18(9-8-17-6-4-12-20-15-17)7-3-1-2-5-16-10-13-19-14-11-16/h4,6,8-9,12,15-16,19H,1-3,5,7,10-11,13-14H2/b9-8+. The van der Waals surface area contributed by atoms with Crippen LogP contribution in [0.5, 0.6) is 0 Å². The third kappa shape index (κ3) is 6.67. The van der Waals surface area contributed by atoms with Gasteiger partial charge in [-0.15, -0.1) is 0 Å². The summed E-state index contributed by atoms with van der Waals surface area (Å²) >= 11 is 0. The van der Waals surface area contributed by atoms with Crippen molar-refractivity contribution < 1.29 is 4.79 Å². The number of carbonyl (C=O) groups is 1. The maximum Gasteiger partial charge on any atom is 0.155 e. The van der Waals surface area contributed by atoms with E-state index in [1.54, 1.807) is 18.5 Å². The van der Waals surface area contributed by atoms with Crippen molar-refractivity contribution in [1.82, 2.24) is 10.3 Å². The molecule has 0 radical (unpaired) electrons. The van der Waals surface area contributed by atoms with E-state index < -0.39 is 0 Å². The van der Waals surface area contributed by atoms with E-state index >= 15 is 0 Å². The second-order valence-electron chi connectivity index (χ2n) is 5.88. The fraction of sp³-hybridized carbons (Fsp3) is 0.556. The maximum absolute atomic E-state index is 11.8. The van der Waals surface area contributed by atoms with Gasteiger partial charge in [0.05, 0.1) is 0 Å². The molecular weight excluding hydrogens is 260 g/mol. The normalized spacial score (nSPS) is 16.4. The average Bonchev–Trinajstić information content (AvgIpc) is 2.54. The Kier molecular flexibility index (Phi) is 7.16. The van der Waals surface area contributed by atoms with Gasteiger partial charge in [-0.3, -0.25) is 9.78 Å². The number of ketones is 1. The fourth-order valence-corrected chi connectivity index (χ4v) is 2.83.